The fourth-order valence-corrected chi connectivity index (χ4v) is 2.51. The van der Waals surface area contributed by atoms with Crippen LogP contribution in [-0.2, 0) is 0 Å². The van der Waals surface area contributed by atoms with Gasteiger partial charge < -0.3 is 9.14 Å². The van der Waals surface area contributed by atoms with Crippen molar-refractivity contribution >= 4 is 21.6 Å². The van der Waals surface area contributed by atoms with Crippen LogP contribution in [0, 0.1) is 0 Å². The van der Waals surface area contributed by atoms with E-state index in [0.29, 0.717) is 0 Å². The molecular formula is C16H15BrN2O. The van der Waals surface area contributed by atoms with Crippen molar-refractivity contribution in [2.24, 2.45) is 0 Å². The number of imidazole rings is 1. The summed E-state index contributed by atoms with van der Waals surface area (Å²) in [6.45, 7) is 2.85. The molecule has 1 aromatic carbocycles. The van der Waals surface area contributed by atoms with E-state index in [1.807, 2.05) is 53.2 Å². The van der Waals surface area contributed by atoms with Gasteiger partial charge in [0, 0.05) is 18.0 Å². The summed E-state index contributed by atoms with van der Waals surface area (Å²) in [7, 11) is 0. The van der Waals surface area contributed by atoms with Gasteiger partial charge in [0.15, 0.2) is 5.65 Å². The molecule has 0 saturated heterocycles. The number of fused-ring (bicyclic) bond motifs is 1. The lowest BCUT2D eigenvalue weighted by Crippen LogP contribution is -1.94. The molecule has 2 aromatic heterocycles. The van der Waals surface area contributed by atoms with E-state index in [1.54, 1.807) is 0 Å². The van der Waals surface area contributed by atoms with E-state index in [2.05, 4.69) is 27.8 Å². The molecule has 2 heterocycles. The normalized spacial score (nSPS) is 10.9. The maximum Gasteiger partial charge on any atom is 0.151 e. The van der Waals surface area contributed by atoms with Crippen molar-refractivity contribution in [1.29, 1.82) is 0 Å². The van der Waals surface area contributed by atoms with E-state index in [1.165, 1.54) is 0 Å². The SMILES string of the molecule is CCCOc1ccc(-c2cn3cccc(Br)c3n2)cc1. The molecule has 3 nitrogen and oxygen atoms in total. The summed E-state index contributed by atoms with van der Waals surface area (Å²) in [5, 5.41) is 0. The highest BCUT2D eigenvalue weighted by Gasteiger charge is 2.06. The maximum atomic E-state index is 5.59. The maximum absolute atomic E-state index is 5.59. The minimum Gasteiger partial charge on any atom is -0.494 e. The molecule has 0 aliphatic rings. The summed E-state index contributed by atoms with van der Waals surface area (Å²) in [4.78, 5) is 4.65. The molecule has 3 aromatic rings. The zero-order valence-electron chi connectivity index (χ0n) is 11.2. The van der Waals surface area contributed by atoms with Crippen LogP contribution in [0.3, 0.4) is 0 Å². The van der Waals surface area contributed by atoms with Crippen molar-refractivity contribution in [3.63, 3.8) is 0 Å². The number of hydrogen-bond acceptors (Lipinski definition) is 2. The first kappa shape index (κ1) is 13.2. The van der Waals surface area contributed by atoms with Crippen molar-refractivity contribution < 1.29 is 4.74 Å². The van der Waals surface area contributed by atoms with Crippen LogP contribution in [0.15, 0.2) is 53.3 Å². The third kappa shape index (κ3) is 2.56. The fraction of sp³-hybridized carbons (Fsp3) is 0.188. The van der Waals surface area contributed by atoms with Crippen LogP contribution in [0.25, 0.3) is 16.9 Å². The second kappa shape index (κ2) is 5.67. The Balaban J connectivity index is 1.92. The average Bonchev–Trinajstić information content (AvgIpc) is 2.91. The van der Waals surface area contributed by atoms with Gasteiger partial charge in [-0.25, -0.2) is 4.98 Å². The van der Waals surface area contributed by atoms with Gasteiger partial charge in [-0.2, -0.15) is 0 Å². The molecule has 0 unspecified atom stereocenters. The van der Waals surface area contributed by atoms with Crippen molar-refractivity contribution in [3.8, 4) is 17.0 Å². The lowest BCUT2D eigenvalue weighted by atomic mass is 10.2. The molecule has 0 amide bonds. The van der Waals surface area contributed by atoms with Crippen LogP contribution in [0.5, 0.6) is 5.75 Å². The van der Waals surface area contributed by atoms with Gasteiger partial charge in [0.05, 0.1) is 16.8 Å². The van der Waals surface area contributed by atoms with Crippen molar-refractivity contribution in [3.05, 3.63) is 53.3 Å². The Morgan fingerprint density at radius 2 is 2.00 bits per heavy atom. The molecule has 0 aliphatic heterocycles. The molecule has 0 N–H and O–H groups in total. The number of halogens is 1. The molecule has 4 heteroatoms. The summed E-state index contributed by atoms with van der Waals surface area (Å²) in [5.74, 6) is 0.903. The molecule has 3 rings (SSSR count). The standard InChI is InChI=1S/C16H15BrN2O/c1-2-10-20-13-7-5-12(6-8-13)15-11-19-9-3-4-14(17)16(19)18-15/h3-9,11H,2,10H2,1H3. The van der Waals surface area contributed by atoms with E-state index < -0.39 is 0 Å². The molecule has 0 aliphatic carbocycles. The number of pyridine rings is 1. The smallest absolute Gasteiger partial charge is 0.151 e. The minimum absolute atomic E-state index is 0.751. The topological polar surface area (TPSA) is 26.5 Å². The van der Waals surface area contributed by atoms with Gasteiger partial charge in [0.2, 0.25) is 0 Å². The molecule has 0 bridgehead atoms. The molecular weight excluding hydrogens is 316 g/mol. The Kier molecular flexibility index (Phi) is 3.74. The van der Waals surface area contributed by atoms with E-state index in [9.17, 15) is 0 Å². The number of ether oxygens (including phenoxy) is 1. The Morgan fingerprint density at radius 3 is 2.70 bits per heavy atom. The summed E-state index contributed by atoms with van der Waals surface area (Å²) in [5.41, 5.74) is 2.97. The lowest BCUT2D eigenvalue weighted by molar-refractivity contribution is 0.317. The number of benzene rings is 1. The van der Waals surface area contributed by atoms with Gasteiger partial charge in [0.1, 0.15) is 5.75 Å². The van der Waals surface area contributed by atoms with Crippen LogP contribution in [0.4, 0.5) is 0 Å². The molecule has 0 saturated carbocycles. The Labute approximate surface area is 126 Å². The highest BCUT2D eigenvalue weighted by atomic mass is 79.9. The largest absolute Gasteiger partial charge is 0.494 e. The zero-order valence-corrected chi connectivity index (χ0v) is 12.8. The first-order valence-corrected chi connectivity index (χ1v) is 7.43. The predicted octanol–water partition coefficient (Wildman–Crippen LogP) is 4.55. The predicted molar refractivity (Wildman–Crippen MR) is 84.1 cm³/mol. The fourth-order valence-electron chi connectivity index (χ4n) is 2.06. The Hall–Kier alpha value is -1.81. The minimum atomic E-state index is 0.751. The summed E-state index contributed by atoms with van der Waals surface area (Å²) < 4.78 is 8.60. The third-order valence-electron chi connectivity index (χ3n) is 3.06. The number of aromatic nitrogens is 2. The molecule has 0 spiro atoms. The molecule has 20 heavy (non-hydrogen) atoms. The van der Waals surface area contributed by atoms with E-state index in [0.717, 1.165) is 40.2 Å². The number of hydrogen-bond donors (Lipinski definition) is 0. The van der Waals surface area contributed by atoms with Crippen LogP contribution >= 0.6 is 15.9 Å². The third-order valence-corrected chi connectivity index (χ3v) is 3.68. The quantitative estimate of drug-likeness (QED) is 0.701. The second-order valence-electron chi connectivity index (χ2n) is 4.59. The Morgan fingerprint density at radius 1 is 1.20 bits per heavy atom. The molecule has 0 atom stereocenters. The van der Waals surface area contributed by atoms with Crippen LogP contribution < -0.4 is 4.74 Å². The van der Waals surface area contributed by atoms with Crippen LogP contribution in [0.2, 0.25) is 0 Å². The van der Waals surface area contributed by atoms with Gasteiger partial charge in [-0.15, -0.1) is 0 Å². The average molecular weight is 331 g/mol. The van der Waals surface area contributed by atoms with E-state index >= 15 is 0 Å². The highest BCUT2D eigenvalue weighted by Crippen LogP contribution is 2.25. The van der Waals surface area contributed by atoms with Gasteiger partial charge >= 0.3 is 0 Å². The van der Waals surface area contributed by atoms with Crippen LogP contribution in [-0.4, -0.2) is 16.0 Å². The number of rotatable bonds is 4. The van der Waals surface area contributed by atoms with Gasteiger partial charge in [-0.3, -0.25) is 0 Å². The molecule has 0 fully saturated rings. The summed E-state index contributed by atoms with van der Waals surface area (Å²) in [6.07, 6.45) is 5.04. The van der Waals surface area contributed by atoms with Gasteiger partial charge in [-0.05, 0) is 58.7 Å². The van der Waals surface area contributed by atoms with Crippen molar-refractivity contribution in [2.45, 2.75) is 13.3 Å². The van der Waals surface area contributed by atoms with Crippen molar-refractivity contribution in [1.82, 2.24) is 9.38 Å². The Bertz CT molecular complexity index is 719. The van der Waals surface area contributed by atoms with E-state index in [-0.39, 0.29) is 0 Å². The highest BCUT2D eigenvalue weighted by molar-refractivity contribution is 9.10. The number of nitrogens with zero attached hydrogens (tertiary/aromatic N) is 2. The van der Waals surface area contributed by atoms with E-state index in [4.69, 9.17) is 4.74 Å². The summed E-state index contributed by atoms with van der Waals surface area (Å²) in [6, 6.07) is 12.0. The summed E-state index contributed by atoms with van der Waals surface area (Å²) >= 11 is 3.52. The first-order valence-electron chi connectivity index (χ1n) is 6.64. The molecule has 0 radical (unpaired) electrons. The lowest BCUT2D eigenvalue weighted by Gasteiger charge is -2.04. The monoisotopic (exact) mass is 330 g/mol. The molecule has 102 valence electrons. The second-order valence-corrected chi connectivity index (χ2v) is 5.44. The van der Waals surface area contributed by atoms with Crippen LogP contribution in [0.1, 0.15) is 13.3 Å². The van der Waals surface area contributed by atoms with Gasteiger partial charge in [-0.1, -0.05) is 6.92 Å². The zero-order chi connectivity index (χ0) is 13.9. The van der Waals surface area contributed by atoms with Gasteiger partial charge in [0.25, 0.3) is 0 Å². The van der Waals surface area contributed by atoms with Crippen molar-refractivity contribution in [2.75, 3.05) is 6.61 Å². The first-order chi connectivity index (χ1) is 9.78.